The lowest BCUT2D eigenvalue weighted by Gasteiger charge is -2.05. The maximum absolute atomic E-state index is 10.9. The quantitative estimate of drug-likeness (QED) is 0.522. The summed E-state index contributed by atoms with van der Waals surface area (Å²) in [4.78, 5) is 10.9. The van der Waals surface area contributed by atoms with Gasteiger partial charge < -0.3 is 4.74 Å². The molecule has 1 aromatic carbocycles. The number of hydrogen-bond acceptors (Lipinski definition) is 2. The van der Waals surface area contributed by atoms with E-state index in [9.17, 15) is 4.79 Å². The maximum Gasteiger partial charge on any atom is 0.310 e. The van der Waals surface area contributed by atoms with Crippen LogP contribution in [0.25, 0.3) is 5.76 Å². The minimum absolute atomic E-state index is 0.256. The van der Waals surface area contributed by atoms with Crippen molar-refractivity contribution in [3.05, 3.63) is 42.5 Å². The Kier molecular flexibility index (Phi) is 3.26. The van der Waals surface area contributed by atoms with Gasteiger partial charge in [0.25, 0.3) is 0 Å². The average Bonchev–Trinajstić information content (AvgIpc) is 2.19. The van der Waals surface area contributed by atoms with Gasteiger partial charge in [-0.05, 0) is 0 Å². The van der Waals surface area contributed by atoms with Crippen LogP contribution in [0.5, 0.6) is 0 Å². The zero-order valence-electron chi connectivity index (χ0n) is 7.62. The van der Waals surface area contributed by atoms with Gasteiger partial charge in [0.05, 0.1) is 0 Å². The lowest BCUT2D eigenvalue weighted by molar-refractivity contribution is -0.136. The molecule has 0 aliphatic heterocycles. The summed E-state index contributed by atoms with van der Waals surface area (Å²) in [5, 5.41) is 0. The Bertz CT molecular complexity index is 301. The van der Waals surface area contributed by atoms with Crippen LogP contribution in [-0.2, 0) is 9.53 Å². The van der Waals surface area contributed by atoms with Gasteiger partial charge in [-0.1, -0.05) is 43.8 Å². The third kappa shape index (κ3) is 2.75. The first-order valence-electron chi connectivity index (χ1n) is 4.19. The molecule has 68 valence electrons. The molecule has 0 saturated carbocycles. The second-order valence-electron chi connectivity index (χ2n) is 2.62. The van der Waals surface area contributed by atoms with Crippen LogP contribution in [0.2, 0.25) is 0 Å². The van der Waals surface area contributed by atoms with Crippen LogP contribution in [0.4, 0.5) is 0 Å². The highest BCUT2D eigenvalue weighted by atomic mass is 16.5. The fourth-order valence-electron chi connectivity index (χ4n) is 0.893. The molecule has 0 amide bonds. The molecule has 0 N–H and O–H groups in total. The molecule has 0 unspecified atom stereocenters. The molecule has 0 atom stereocenters. The van der Waals surface area contributed by atoms with E-state index < -0.39 is 0 Å². The SMILES string of the molecule is C=C(OC(=O)CC)c1ccccc1. The summed E-state index contributed by atoms with van der Waals surface area (Å²) in [6, 6.07) is 9.36. The summed E-state index contributed by atoms with van der Waals surface area (Å²) in [5.74, 6) is 0.154. The number of esters is 1. The Hall–Kier alpha value is -1.57. The van der Waals surface area contributed by atoms with Crippen LogP contribution in [-0.4, -0.2) is 5.97 Å². The van der Waals surface area contributed by atoms with Gasteiger partial charge in [-0.15, -0.1) is 0 Å². The predicted molar refractivity (Wildman–Crippen MR) is 51.9 cm³/mol. The molecule has 0 spiro atoms. The van der Waals surface area contributed by atoms with Crippen LogP contribution < -0.4 is 0 Å². The Balaban J connectivity index is 2.65. The fraction of sp³-hybridized carbons (Fsp3) is 0.182. The third-order valence-corrected chi connectivity index (χ3v) is 1.62. The first-order valence-corrected chi connectivity index (χ1v) is 4.19. The van der Waals surface area contributed by atoms with Crippen LogP contribution >= 0.6 is 0 Å². The van der Waals surface area contributed by atoms with Crippen LogP contribution in [0.3, 0.4) is 0 Å². The van der Waals surface area contributed by atoms with Crippen molar-refractivity contribution >= 4 is 11.7 Å². The van der Waals surface area contributed by atoms with Gasteiger partial charge in [0.2, 0.25) is 0 Å². The summed E-state index contributed by atoms with van der Waals surface area (Å²) in [6.45, 7) is 5.42. The monoisotopic (exact) mass is 176 g/mol. The minimum Gasteiger partial charge on any atom is -0.427 e. The lowest BCUT2D eigenvalue weighted by Crippen LogP contribution is -2.00. The van der Waals surface area contributed by atoms with E-state index in [0.29, 0.717) is 12.2 Å². The van der Waals surface area contributed by atoms with E-state index in [4.69, 9.17) is 4.74 Å². The Morgan fingerprint density at radius 1 is 1.38 bits per heavy atom. The molecule has 2 nitrogen and oxygen atoms in total. The third-order valence-electron chi connectivity index (χ3n) is 1.62. The molecule has 0 fully saturated rings. The number of carbonyl (C=O) groups excluding carboxylic acids is 1. The van der Waals surface area contributed by atoms with Gasteiger partial charge >= 0.3 is 5.97 Å². The van der Waals surface area contributed by atoms with Crippen molar-refractivity contribution in [1.82, 2.24) is 0 Å². The first-order chi connectivity index (χ1) is 6.24. The summed E-state index contributed by atoms with van der Waals surface area (Å²) < 4.78 is 4.95. The molecule has 0 bridgehead atoms. The van der Waals surface area contributed by atoms with Crippen molar-refractivity contribution in [1.29, 1.82) is 0 Å². The average molecular weight is 176 g/mol. The second-order valence-corrected chi connectivity index (χ2v) is 2.62. The topological polar surface area (TPSA) is 26.3 Å². The smallest absolute Gasteiger partial charge is 0.310 e. The maximum atomic E-state index is 10.9. The highest BCUT2D eigenvalue weighted by molar-refractivity contribution is 5.77. The standard InChI is InChI=1S/C11H12O2/c1-3-11(12)13-9(2)10-7-5-4-6-8-10/h4-8H,2-3H2,1H3. The van der Waals surface area contributed by atoms with Gasteiger partial charge in [0.1, 0.15) is 5.76 Å². The summed E-state index contributed by atoms with van der Waals surface area (Å²) >= 11 is 0. The second kappa shape index (κ2) is 4.45. The molecule has 13 heavy (non-hydrogen) atoms. The predicted octanol–water partition coefficient (Wildman–Crippen LogP) is 2.61. The van der Waals surface area contributed by atoms with Gasteiger partial charge in [-0.3, -0.25) is 4.79 Å². The van der Waals surface area contributed by atoms with E-state index in [-0.39, 0.29) is 5.97 Å². The van der Waals surface area contributed by atoms with Crippen molar-refractivity contribution in [2.45, 2.75) is 13.3 Å². The number of hydrogen-bond donors (Lipinski definition) is 0. The molecule has 0 aromatic heterocycles. The zero-order chi connectivity index (χ0) is 9.68. The first kappa shape index (κ1) is 9.52. The van der Waals surface area contributed by atoms with Crippen molar-refractivity contribution in [2.24, 2.45) is 0 Å². The van der Waals surface area contributed by atoms with Crippen LogP contribution in [0, 0.1) is 0 Å². The van der Waals surface area contributed by atoms with Crippen molar-refractivity contribution in [3.8, 4) is 0 Å². The number of benzene rings is 1. The Labute approximate surface area is 77.8 Å². The van der Waals surface area contributed by atoms with Gasteiger partial charge in [0.15, 0.2) is 0 Å². The van der Waals surface area contributed by atoms with E-state index in [1.165, 1.54) is 0 Å². The van der Waals surface area contributed by atoms with Crippen LogP contribution in [0.1, 0.15) is 18.9 Å². The largest absolute Gasteiger partial charge is 0.427 e. The minimum atomic E-state index is -0.256. The summed E-state index contributed by atoms with van der Waals surface area (Å²) in [6.07, 6.45) is 0.367. The van der Waals surface area contributed by atoms with Gasteiger partial charge in [-0.25, -0.2) is 0 Å². The zero-order valence-corrected chi connectivity index (χ0v) is 7.62. The number of rotatable bonds is 3. The van der Waals surface area contributed by atoms with E-state index in [2.05, 4.69) is 6.58 Å². The summed E-state index contributed by atoms with van der Waals surface area (Å²) in [7, 11) is 0. The van der Waals surface area contributed by atoms with E-state index in [0.717, 1.165) is 5.56 Å². The molecular weight excluding hydrogens is 164 g/mol. The molecule has 1 rings (SSSR count). The van der Waals surface area contributed by atoms with Gasteiger partial charge in [0, 0.05) is 12.0 Å². The Morgan fingerprint density at radius 2 is 2.00 bits per heavy atom. The molecule has 0 saturated heterocycles. The molecule has 0 radical (unpaired) electrons. The van der Waals surface area contributed by atoms with Crippen molar-refractivity contribution < 1.29 is 9.53 Å². The fourth-order valence-corrected chi connectivity index (χ4v) is 0.893. The molecule has 1 aromatic rings. The number of ether oxygens (including phenoxy) is 1. The van der Waals surface area contributed by atoms with E-state index >= 15 is 0 Å². The molecule has 0 aliphatic carbocycles. The Morgan fingerprint density at radius 3 is 2.54 bits per heavy atom. The molecular formula is C11H12O2. The highest BCUT2D eigenvalue weighted by Gasteiger charge is 2.03. The molecule has 0 aliphatic rings. The molecule has 2 heteroatoms. The van der Waals surface area contributed by atoms with Gasteiger partial charge in [-0.2, -0.15) is 0 Å². The van der Waals surface area contributed by atoms with Crippen molar-refractivity contribution in [3.63, 3.8) is 0 Å². The lowest BCUT2D eigenvalue weighted by atomic mass is 10.2. The number of carbonyl (C=O) groups is 1. The van der Waals surface area contributed by atoms with E-state index in [1.54, 1.807) is 6.92 Å². The van der Waals surface area contributed by atoms with Crippen molar-refractivity contribution in [2.75, 3.05) is 0 Å². The van der Waals surface area contributed by atoms with Crippen LogP contribution in [0.15, 0.2) is 36.9 Å². The highest BCUT2D eigenvalue weighted by Crippen LogP contribution is 2.13. The van der Waals surface area contributed by atoms with E-state index in [1.807, 2.05) is 30.3 Å². The normalized spacial score (nSPS) is 9.31. The molecule has 0 heterocycles. The summed E-state index contributed by atoms with van der Waals surface area (Å²) in [5.41, 5.74) is 0.837.